The number of aromatic nitrogens is 2. The number of hydrogen-bond acceptors (Lipinski definition) is 7. The molecule has 42 heavy (non-hydrogen) atoms. The molecule has 9 atom stereocenters. The van der Waals surface area contributed by atoms with Crippen LogP contribution in [0, 0.1) is 50.2 Å². The van der Waals surface area contributed by atoms with Crippen LogP contribution in [0.1, 0.15) is 106 Å². The first-order valence-corrected chi connectivity index (χ1v) is 15.9. The highest BCUT2D eigenvalue weighted by molar-refractivity contribution is 5.95. The Morgan fingerprint density at radius 1 is 1.02 bits per heavy atom. The molecule has 232 valence electrons. The predicted molar refractivity (Wildman–Crippen MR) is 156 cm³/mol. The number of aromatic amines is 1. The van der Waals surface area contributed by atoms with Gasteiger partial charge in [0.05, 0.1) is 0 Å². The second kappa shape index (κ2) is 9.05. The van der Waals surface area contributed by atoms with Crippen molar-refractivity contribution in [1.29, 1.82) is 0 Å². The zero-order chi connectivity index (χ0) is 30.7. The molecule has 0 radical (unpaired) electrons. The molecule has 1 aromatic rings. The number of H-pyrrole nitrogens is 1. The van der Waals surface area contributed by atoms with Gasteiger partial charge in [0.1, 0.15) is 6.10 Å². The Bertz CT molecular complexity index is 1390. The van der Waals surface area contributed by atoms with Crippen molar-refractivity contribution in [3.8, 4) is 6.01 Å². The number of hydrogen-bond donors (Lipinski definition) is 2. The standard InChI is InChI=1S/C33H49N3O6/c1-28(2)22-9-12-33(7)24(31(22,5)11-10-23(28)41-26-34-27(39)42-35-26)21(37)17-19-20-18-30(4,25(38)36(8)40)14-13-29(20,3)15-16-32(19,33)6/h17,20,22-24,40H,9-16,18H2,1-8H3,(H,34,35,39)/t20-,22?,23-,24+,29+,30-,31-,32+,33+/m0/s1. The lowest BCUT2D eigenvalue weighted by molar-refractivity contribution is -0.200. The Hall–Kier alpha value is -2.42. The van der Waals surface area contributed by atoms with Gasteiger partial charge in [-0.2, -0.15) is 0 Å². The number of nitrogens with one attached hydrogen (secondary N) is 1. The summed E-state index contributed by atoms with van der Waals surface area (Å²) in [6.07, 6.45) is 9.90. The number of nitrogens with zero attached hydrogens (tertiary/aromatic N) is 2. The smallest absolute Gasteiger partial charge is 0.441 e. The minimum atomic E-state index is -0.645. The third-order valence-electron chi connectivity index (χ3n) is 14.0. The molecule has 1 heterocycles. The summed E-state index contributed by atoms with van der Waals surface area (Å²) in [6.45, 7) is 16.0. The van der Waals surface area contributed by atoms with Crippen LogP contribution in [-0.4, -0.2) is 45.3 Å². The molecule has 0 aromatic carbocycles. The van der Waals surface area contributed by atoms with Gasteiger partial charge >= 0.3 is 11.8 Å². The van der Waals surface area contributed by atoms with Crippen molar-refractivity contribution in [3.05, 3.63) is 22.2 Å². The molecule has 4 saturated carbocycles. The molecule has 6 rings (SSSR count). The molecule has 2 N–H and O–H groups in total. The lowest BCUT2D eigenvalue weighted by atomic mass is 9.33. The first-order chi connectivity index (χ1) is 19.4. The van der Waals surface area contributed by atoms with Crippen molar-refractivity contribution in [2.75, 3.05) is 7.05 Å². The zero-order valence-corrected chi connectivity index (χ0v) is 26.6. The van der Waals surface area contributed by atoms with Gasteiger partial charge in [-0.1, -0.05) is 54.0 Å². The summed E-state index contributed by atoms with van der Waals surface area (Å²) in [4.78, 5) is 41.8. The molecule has 4 fully saturated rings. The monoisotopic (exact) mass is 583 g/mol. The van der Waals surface area contributed by atoms with Crippen LogP contribution >= 0.6 is 0 Å². The molecule has 5 aliphatic carbocycles. The maximum absolute atomic E-state index is 14.6. The van der Waals surface area contributed by atoms with Gasteiger partial charge in [-0.3, -0.25) is 19.3 Å². The summed E-state index contributed by atoms with van der Waals surface area (Å²) >= 11 is 0. The van der Waals surface area contributed by atoms with Gasteiger partial charge in [0.25, 0.3) is 5.91 Å². The molecular formula is C33H49N3O6. The Morgan fingerprint density at radius 3 is 2.36 bits per heavy atom. The topological polar surface area (TPSA) is 126 Å². The van der Waals surface area contributed by atoms with E-state index in [0.717, 1.165) is 56.4 Å². The first-order valence-electron chi connectivity index (χ1n) is 15.9. The third-order valence-corrected chi connectivity index (χ3v) is 14.0. The number of carbonyl (C=O) groups excluding carboxylic acids is 2. The van der Waals surface area contributed by atoms with Crippen LogP contribution in [0.4, 0.5) is 0 Å². The summed E-state index contributed by atoms with van der Waals surface area (Å²) in [5, 5.41) is 14.6. The summed E-state index contributed by atoms with van der Waals surface area (Å²) in [7, 11) is 1.42. The molecule has 9 nitrogen and oxygen atoms in total. The van der Waals surface area contributed by atoms with Crippen LogP contribution in [0.3, 0.4) is 0 Å². The molecular weight excluding hydrogens is 534 g/mol. The molecule has 5 aliphatic rings. The van der Waals surface area contributed by atoms with Gasteiger partial charge < -0.3 is 4.74 Å². The van der Waals surface area contributed by atoms with Gasteiger partial charge in [0, 0.05) is 23.8 Å². The fourth-order valence-electron chi connectivity index (χ4n) is 11.4. The van der Waals surface area contributed by atoms with E-state index in [9.17, 15) is 19.6 Å². The van der Waals surface area contributed by atoms with Crippen molar-refractivity contribution >= 4 is 11.7 Å². The second-order valence-corrected chi connectivity index (χ2v) is 16.4. The number of allylic oxidation sites excluding steroid dienone is 2. The third kappa shape index (κ3) is 3.83. The minimum Gasteiger partial charge on any atom is -0.459 e. The average molecular weight is 584 g/mol. The number of amides is 1. The Kier molecular flexibility index (Phi) is 6.39. The first kappa shape index (κ1) is 29.6. The quantitative estimate of drug-likeness (QED) is 0.333. The lowest BCUT2D eigenvalue weighted by Gasteiger charge is -2.70. The van der Waals surface area contributed by atoms with Crippen molar-refractivity contribution < 1.29 is 24.1 Å². The van der Waals surface area contributed by atoms with E-state index in [4.69, 9.17) is 4.74 Å². The van der Waals surface area contributed by atoms with Gasteiger partial charge in [-0.15, -0.1) is 0 Å². The van der Waals surface area contributed by atoms with Crippen LogP contribution in [0.5, 0.6) is 6.01 Å². The molecule has 1 unspecified atom stereocenters. The van der Waals surface area contributed by atoms with Crippen molar-refractivity contribution in [3.63, 3.8) is 0 Å². The van der Waals surface area contributed by atoms with E-state index in [1.165, 1.54) is 12.6 Å². The highest BCUT2D eigenvalue weighted by Crippen LogP contribution is 2.75. The highest BCUT2D eigenvalue weighted by atomic mass is 16.6. The maximum atomic E-state index is 14.6. The van der Waals surface area contributed by atoms with E-state index in [0.29, 0.717) is 6.42 Å². The van der Waals surface area contributed by atoms with E-state index in [1.54, 1.807) is 0 Å². The molecule has 0 saturated heterocycles. The number of ketones is 1. The number of carbonyl (C=O) groups is 2. The highest BCUT2D eigenvalue weighted by Gasteiger charge is 2.70. The summed E-state index contributed by atoms with van der Waals surface area (Å²) in [5.74, 6) is -0.323. The molecule has 0 bridgehead atoms. The van der Waals surface area contributed by atoms with Crippen LogP contribution in [0.25, 0.3) is 0 Å². The van der Waals surface area contributed by atoms with Crippen molar-refractivity contribution in [1.82, 2.24) is 15.2 Å². The summed E-state index contributed by atoms with van der Waals surface area (Å²) < 4.78 is 10.9. The second-order valence-electron chi connectivity index (χ2n) is 16.4. The molecule has 1 aromatic heterocycles. The van der Waals surface area contributed by atoms with Crippen molar-refractivity contribution in [2.24, 2.45) is 50.2 Å². The SMILES string of the molecule is CN(O)C(=O)[C@@]1(C)CC[C@]2(C)CC[C@]3(C)C(=CC(=O)[C@@H]4[C@@]5(C)CC[C@H](Oc6noc(=O)[nH]6)C(C)(C)C5CC[C@]43C)[C@@H]2C1. The fraction of sp³-hybridized carbons (Fsp3) is 0.818. The Morgan fingerprint density at radius 2 is 1.71 bits per heavy atom. The maximum Gasteiger partial charge on any atom is 0.441 e. The average Bonchev–Trinajstić information content (AvgIpc) is 3.32. The number of hydroxylamine groups is 2. The Labute approximate surface area is 248 Å². The van der Waals surface area contributed by atoms with E-state index < -0.39 is 11.2 Å². The van der Waals surface area contributed by atoms with Gasteiger partial charge in [-0.05, 0) is 103 Å². The number of ether oxygens (including phenoxy) is 1. The number of rotatable bonds is 3. The molecule has 0 aliphatic heterocycles. The van der Waals surface area contributed by atoms with Crippen LogP contribution in [-0.2, 0) is 9.59 Å². The minimum absolute atomic E-state index is 0.0449. The molecule has 0 spiro atoms. The predicted octanol–water partition coefficient (Wildman–Crippen LogP) is 5.94. The molecule has 9 heteroatoms. The normalized spacial score (nSPS) is 45.9. The van der Waals surface area contributed by atoms with E-state index >= 15 is 0 Å². The van der Waals surface area contributed by atoms with Crippen molar-refractivity contribution in [2.45, 2.75) is 112 Å². The van der Waals surface area contributed by atoms with Crippen LogP contribution < -0.4 is 10.5 Å². The van der Waals surface area contributed by atoms with Gasteiger partial charge in [0.15, 0.2) is 5.78 Å². The lowest BCUT2D eigenvalue weighted by Crippen LogP contribution is -2.67. The summed E-state index contributed by atoms with van der Waals surface area (Å²) in [6, 6.07) is 0.117. The molecule has 1 amide bonds. The van der Waals surface area contributed by atoms with E-state index in [1.807, 2.05) is 13.0 Å². The Balaban J connectivity index is 1.37. The fourth-order valence-corrected chi connectivity index (χ4v) is 11.4. The largest absolute Gasteiger partial charge is 0.459 e. The van der Waals surface area contributed by atoms with E-state index in [-0.39, 0.29) is 68.6 Å². The zero-order valence-electron chi connectivity index (χ0n) is 26.6. The number of fused-ring (bicyclic) bond motifs is 7. The van der Waals surface area contributed by atoms with E-state index in [2.05, 4.69) is 56.2 Å². The van der Waals surface area contributed by atoms with Crippen LogP contribution in [0.2, 0.25) is 0 Å². The van der Waals surface area contributed by atoms with Gasteiger partial charge in [0.2, 0.25) is 0 Å². The summed E-state index contributed by atoms with van der Waals surface area (Å²) in [5.41, 5.74) is -0.138. The van der Waals surface area contributed by atoms with Gasteiger partial charge in [-0.25, -0.2) is 14.8 Å². The van der Waals surface area contributed by atoms with Crippen LogP contribution in [0.15, 0.2) is 21.0 Å².